The molecule has 0 aliphatic rings. The van der Waals surface area contributed by atoms with Gasteiger partial charge in [0.2, 0.25) is 0 Å². The van der Waals surface area contributed by atoms with Crippen LogP contribution in [0.2, 0.25) is 0 Å². The van der Waals surface area contributed by atoms with Crippen molar-refractivity contribution in [2.24, 2.45) is 5.10 Å². The van der Waals surface area contributed by atoms with Crippen molar-refractivity contribution in [3.05, 3.63) is 34.1 Å². The molecule has 2 amide bonds. The van der Waals surface area contributed by atoms with Crippen molar-refractivity contribution in [3.63, 3.8) is 0 Å². The first-order valence-corrected chi connectivity index (χ1v) is 6.28. The Hall–Kier alpha value is -1.76. The molecular weight excluding hydrogens is 317 g/mol. The van der Waals surface area contributed by atoms with Gasteiger partial charge in [-0.3, -0.25) is 9.59 Å². The van der Waals surface area contributed by atoms with Gasteiger partial charge in [0, 0.05) is 6.04 Å². The number of benzene rings is 1. The number of carbonyl (C=O) groups is 2. The number of amides is 2. The number of hydrogen-bond acceptors (Lipinski definition) is 3. The smallest absolute Gasteiger partial charge is 0.329 e. The highest BCUT2D eigenvalue weighted by Crippen LogP contribution is 2.15. The molecule has 1 rings (SSSR count). The summed E-state index contributed by atoms with van der Waals surface area (Å²) in [5.41, 5.74) is 2.66. The molecule has 7 heteroatoms. The van der Waals surface area contributed by atoms with Gasteiger partial charge in [-0.15, -0.1) is 0 Å². The second-order valence-corrected chi connectivity index (χ2v) is 4.86. The fraction of sp³-hybridized carbons (Fsp3) is 0.250. The lowest BCUT2D eigenvalue weighted by Crippen LogP contribution is -2.41. The van der Waals surface area contributed by atoms with Crippen LogP contribution in [0, 0.1) is 5.82 Å². The summed E-state index contributed by atoms with van der Waals surface area (Å²) in [4.78, 5) is 22.5. The lowest BCUT2D eigenvalue weighted by Gasteiger charge is -2.05. The summed E-state index contributed by atoms with van der Waals surface area (Å²) in [6, 6.07) is 4.12. The summed E-state index contributed by atoms with van der Waals surface area (Å²) in [5.74, 6) is -2.00. The molecule has 0 atom stereocenters. The van der Waals surface area contributed by atoms with Crippen LogP contribution in [-0.4, -0.2) is 24.1 Å². The monoisotopic (exact) mass is 329 g/mol. The summed E-state index contributed by atoms with van der Waals surface area (Å²) in [6.07, 6.45) is 1.31. The Bertz CT molecular complexity index is 518. The molecule has 0 radical (unpaired) electrons. The van der Waals surface area contributed by atoms with Crippen LogP contribution in [0.3, 0.4) is 0 Å². The Morgan fingerprint density at radius 1 is 1.37 bits per heavy atom. The van der Waals surface area contributed by atoms with Gasteiger partial charge < -0.3 is 5.32 Å². The number of hydrazone groups is 1. The van der Waals surface area contributed by atoms with Crippen LogP contribution < -0.4 is 10.7 Å². The van der Waals surface area contributed by atoms with E-state index in [0.29, 0.717) is 10.0 Å². The van der Waals surface area contributed by atoms with Crippen molar-refractivity contribution in [1.29, 1.82) is 0 Å². The highest BCUT2D eigenvalue weighted by molar-refractivity contribution is 9.10. The second-order valence-electron chi connectivity index (χ2n) is 4.00. The number of rotatable bonds is 3. The molecule has 1 aromatic rings. The summed E-state index contributed by atoms with van der Waals surface area (Å²) in [5, 5.41) is 6.04. The van der Waals surface area contributed by atoms with Crippen LogP contribution in [0.1, 0.15) is 19.4 Å². The Labute approximate surface area is 118 Å². The molecule has 0 aliphatic carbocycles. The fourth-order valence-electron chi connectivity index (χ4n) is 1.14. The van der Waals surface area contributed by atoms with E-state index >= 15 is 0 Å². The minimum Gasteiger partial charge on any atom is -0.346 e. The van der Waals surface area contributed by atoms with E-state index in [1.807, 2.05) is 0 Å². The van der Waals surface area contributed by atoms with Gasteiger partial charge in [0.15, 0.2) is 0 Å². The van der Waals surface area contributed by atoms with Gasteiger partial charge in [0.1, 0.15) is 5.82 Å². The largest absolute Gasteiger partial charge is 0.346 e. The Balaban J connectivity index is 2.56. The van der Waals surface area contributed by atoms with E-state index in [-0.39, 0.29) is 6.04 Å². The molecule has 5 nitrogen and oxygen atoms in total. The average Bonchev–Trinajstić information content (AvgIpc) is 2.32. The quantitative estimate of drug-likeness (QED) is 0.502. The van der Waals surface area contributed by atoms with Crippen LogP contribution in [-0.2, 0) is 9.59 Å². The number of halogens is 2. The molecule has 0 spiro atoms. The molecule has 1 aromatic carbocycles. The van der Waals surface area contributed by atoms with Crippen molar-refractivity contribution in [2.45, 2.75) is 19.9 Å². The van der Waals surface area contributed by atoms with Gasteiger partial charge in [-0.25, -0.2) is 9.82 Å². The van der Waals surface area contributed by atoms with Crippen LogP contribution in [0.5, 0.6) is 0 Å². The van der Waals surface area contributed by atoms with Crippen molar-refractivity contribution in [1.82, 2.24) is 10.7 Å². The maximum Gasteiger partial charge on any atom is 0.329 e. The Morgan fingerprint density at radius 3 is 2.63 bits per heavy atom. The molecular formula is C12H13BrFN3O2. The van der Waals surface area contributed by atoms with Crippen LogP contribution >= 0.6 is 15.9 Å². The molecule has 0 bridgehead atoms. The highest BCUT2D eigenvalue weighted by atomic mass is 79.9. The van der Waals surface area contributed by atoms with E-state index in [0.717, 1.165) is 0 Å². The van der Waals surface area contributed by atoms with Crippen LogP contribution in [0.15, 0.2) is 27.8 Å². The molecule has 102 valence electrons. The third-order valence-electron chi connectivity index (χ3n) is 1.95. The van der Waals surface area contributed by atoms with Crippen LogP contribution in [0.25, 0.3) is 0 Å². The molecule has 0 aliphatic heterocycles. The molecule has 0 fully saturated rings. The van der Waals surface area contributed by atoms with Crippen molar-refractivity contribution in [2.75, 3.05) is 0 Å². The third kappa shape index (κ3) is 5.17. The minimum absolute atomic E-state index is 0.129. The molecule has 2 N–H and O–H groups in total. The Morgan fingerprint density at radius 2 is 2.05 bits per heavy atom. The first-order valence-electron chi connectivity index (χ1n) is 5.49. The van der Waals surface area contributed by atoms with Crippen molar-refractivity contribution >= 4 is 34.0 Å². The zero-order chi connectivity index (χ0) is 14.4. The van der Waals surface area contributed by atoms with Crippen LogP contribution in [0.4, 0.5) is 4.39 Å². The summed E-state index contributed by atoms with van der Waals surface area (Å²) in [6.45, 7) is 3.48. The molecule has 0 saturated carbocycles. The van der Waals surface area contributed by atoms with Gasteiger partial charge in [-0.1, -0.05) is 6.07 Å². The maximum atomic E-state index is 13.0. The standard InChI is InChI=1S/C12H13BrFN3O2/c1-7(2)16-11(18)12(19)17-15-6-8-3-4-10(14)9(13)5-8/h3-7H,1-2H3,(H,16,18)(H,17,19)/b15-6-. The van der Waals surface area contributed by atoms with Gasteiger partial charge in [0.25, 0.3) is 0 Å². The topological polar surface area (TPSA) is 70.6 Å². The minimum atomic E-state index is -0.855. The molecule has 19 heavy (non-hydrogen) atoms. The lowest BCUT2D eigenvalue weighted by molar-refractivity contribution is -0.139. The lowest BCUT2D eigenvalue weighted by atomic mass is 10.2. The maximum absolute atomic E-state index is 13.0. The molecule has 0 unspecified atom stereocenters. The van der Waals surface area contributed by atoms with E-state index in [1.54, 1.807) is 13.8 Å². The van der Waals surface area contributed by atoms with Gasteiger partial charge in [-0.05, 0) is 47.5 Å². The van der Waals surface area contributed by atoms with E-state index in [9.17, 15) is 14.0 Å². The average molecular weight is 330 g/mol. The zero-order valence-electron chi connectivity index (χ0n) is 10.4. The number of nitrogens with zero attached hydrogens (tertiary/aromatic N) is 1. The van der Waals surface area contributed by atoms with Gasteiger partial charge in [-0.2, -0.15) is 5.10 Å². The molecule has 0 saturated heterocycles. The first-order chi connectivity index (χ1) is 8.90. The van der Waals surface area contributed by atoms with Crippen molar-refractivity contribution in [3.8, 4) is 0 Å². The zero-order valence-corrected chi connectivity index (χ0v) is 12.0. The Kier molecular flexibility index (Phi) is 5.62. The van der Waals surface area contributed by atoms with E-state index in [4.69, 9.17) is 0 Å². The number of hydrogen-bond donors (Lipinski definition) is 2. The van der Waals surface area contributed by atoms with E-state index in [1.165, 1.54) is 24.4 Å². The third-order valence-corrected chi connectivity index (χ3v) is 2.56. The highest BCUT2D eigenvalue weighted by Gasteiger charge is 2.12. The number of carbonyl (C=O) groups excluding carboxylic acids is 2. The second kappa shape index (κ2) is 6.98. The van der Waals surface area contributed by atoms with Gasteiger partial charge >= 0.3 is 11.8 Å². The SMILES string of the molecule is CC(C)NC(=O)C(=O)N/N=C\c1ccc(F)c(Br)c1. The predicted molar refractivity (Wildman–Crippen MR) is 73.1 cm³/mol. The summed E-state index contributed by atoms with van der Waals surface area (Å²) >= 11 is 3.03. The normalized spacial score (nSPS) is 10.8. The summed E-state index contributed by atoms with van der Waals surface area (Å²) < 4.78 is 13.3. The predicted octanol–water partition coefficient (Wildman–Crippen LogP) is 1.56. The number of nitrogens with one attached hydrogen (secondary N) is 2. The molecule has 0 heterocycles. The summed E-state index contributed by atoms with van der Waals surface area (Å²) in [7, 11) is 0. The first kappa shape index (κ1) is 15.3. The van der Waals surface area contributed by atoms with Crippen molar-refractivity contribution < 1.29 is 14.0 Å². The van der Waals surface area contributed by atoms with E-state index in [2.05, 4.69) is 31.8 Å². The molecule has 0 aromatic heterocycles. The van der Waals surface area contributed by atoms with Gasteiger partial charge in [0.05, 0.1) is 10.7 Å². The van der Waals surface area contributed by atoms with E-state index < -0.39 is 17.6 Å². The fourth-order valence-corrected chi connectivity index (χ4v) is 1.53.